The molecular weight excluding hydrogens is 278 g/mol. The molecule has 6 nitrogen and oxygen atoms in total. The van der Waals surface area contributed by atoms with Crippen molar-refractivity contribution in [3.8, 4) is 0 Å². The first-order valence-electron chi connectivity index (χ1n) is 6.73. The third-order valence-electron chi connectivity index (χ3n) is 3.75. The molecule has 2 aromatic rings. The van der Waals surface area contributed by atoms with E-state index in [1.807, 2.05) is 30.4 Å². The molecule has 0 fully saturated rings. The molecule has 2 aliphatic rings. The van der Waals surface area contributed by atoms with Gasteiger partial charge in [0, 0.05) is 17.3 Å². The number of amides is 1. The lowest BCUT2D eigenvalue weighted by atomic mass is 9.94. The Morgan fingerprint density at radius 3 is 2.82 bits per heavy atom. The molecule has 106 valence electrons. The van der Waals surface area contributed by atoms with Crippen LogP contribution in [-0.4, -0.2) is 11.6 Å². The second-order valence-electron chi connectivity index (χ2n) is 5.03. The fourth-order valence-electron chi connectivity index (χ4n) is 2.78. The molecule has 0 aromatic heterocycles. The van der Waals surface area contributed by atoms with E-state index in [-0.39, 0.29) is 0 Å². The van der Waals surface area contributed by atoms with Crippen molar-refractivity contribution in [3.05, 3.63) is 58.8 Å². The highest BCUT2D eigenvalue weighted by atomic mass is 16.1. The van der Waals surface area contributed by atoms with Crippen molar-refractivity contribution in [1.82, 2.24) is 5.43 Å². The van der Waals surface area contributed by atoms with E-state index in [2.05, 4.69) is 21.0 Å². The monoisotopic (exact) mass is 289 g/mol. The van der Waals surface area contributed by atoms with E-state index in [0.717, 1.165) is 27.5 Å². The van der Waals surface area contributed by atoms with Crippen LogP contribution in [0.15, 0.2) is 52.1 Å². The zero-order valence-electron chi connectivity index (χ0n) is 11.4. The Kier molecular flexibility index (Phi) is 2.62. The molecule has 1 heterocycles. The number of rotatable bonds is 2. The third kappa shape index (κ3) is 1.81. The number of nitrogens with one attached hydrogen (secondary N) is 1. The normalized spacial score (nSPS) is 14.8. The Balaban J connectivity index is 2.05. The molecule has 0 bridgehead atoms. The van der Waals surface area contributed by atoms with Crippen molar-refractivity contribution in [1.29, 1.82) is 0 Å². The molecule has 0 radical (unpaired) electrons. The summed E-state index contributed by atoms with van der Waals surface area (Å²) in [4.78, 5) is 11.6. The summed E-state index contributed by atoms with van der Waals surface area (Å²) in [7, 11) is 0. The minimum atomic E-state index is -0.450. The summed E-state index contributed by atoms with van der Waals surface area (Å²) >= 11 is 0. The Labute approximate surface area is 125 Å². The number of primary amides is 1. The maximum Gasteiger partial charge on any atom is 0.248 e. The molecule has 0 saturated heterocycles. The van der Waals surface area contributed by atoms with Crippen LogP contribution in [0.2, 0.25) is 0 Å². The summed E-state index contributed by atoms with van der Waals surface area (Å²) in [6.45, 7) is 0. The second-order valence-corrected chi connectivity index (χ2v) is 5.03. The van der Waals surface area contributed by atoms with Gasteiger partial charge in [-0.2, -0.15) is 0 Å². The first-order chi connectivity index (χ1) is 10.7. The predicted octanol–water partition coefficient (Wildman–Crippen LogP) is 2.61. The van der Waals surface area contributed by atoms with E-state index in [1.54, 1.807) is 18.3 Å². The SMILES string of the molecule is NC(=O)c1cc2c3c(ccc(C4=NN=NNC=C4)c3c1)C=C2. The van der Waals surface area contributed by atoms with Gasteiger partial charge in [-0.1, -0.05) is 24.3 Å². The smallest absolute Gasteiger partial charge is 0.248 e. The van der Waals surface area contributed by atoms with E-state index in [9.17, 15) is 4.79 Å². The van der Waals surface area contributed by atoms with Crippen LogP contribution in [0.1, 0.15) is 27.0 Å². The highest BCUT2D eigenvalue weighted by molar-refractivity contribution is 6.20. The molecule has 1 aliphatic heterocycles. The number of benzene rings is 2. The molecule has 0 saturated carbocycles. The zero-order chi connectivity index (χ0) is 15.1. The van der Waals surface area contributed by atoms with Gasteiger partial charge in [0.2, 0.25) is 5.91 Å². The molecule has 22 heavy (non-hydrogen) atoms. The lowest BCUT2D eigenvalue weighted by Gasteiger charge is -2.10. The van der Waals surface area contributed by atoms with Crippen molar-refractivity contribution >= 4 is 34.5 Å². The highest BCUT2D eigenvalue weighted by Crippen LogP contribution is 2.34. The second kappa shape index (κ2) is 4.63. The van der Waals surface area contributed by atoms with E-state index in [1.165, 1.54) is 0 Å². The predicted molar refractivity (Wildman–Crippen MR) is 85.1 cm³/mol. The first-order valence-corrected chi connectivity index (χ1v) is 6.73. The van der Waals surface area contributed by atoms with Gasteiger partial charge in [0.1, 0.15) is 0 Å². The average molecular weight is 289 g/mol. The van der Waals surface area contributed by atoms with Crippen LogP contribution in [0.4, 0.5) is 0 Å². The van der Waals surface area contributed by atoms with Gasteiger partial charge in [0.25, 0.3) is 0 Å². The Hall–Kier alpha value is -3.28. The molecule has 0 spiro atoms. The summed E-state index contributed by atoms with van der Waals surface area (Å²) in [5.41, 5.74) is 12.2. The van der Waals surface area contributed by atoms with Crippen molar-refractivity contribution in [3.63, 3.8) is 0 Å². The van der Waals surface area contributed by atoms with Gasteiger partial charge in [-0.25, -0.2) is 0 Å². The van der Waals surface area contributed by atoms with Crippen molar-refractivity contribution in [2.24, 2.45) is 21.3 Å². The van der Waals surface area contributed by atoms with Gasteiger partial charge in [-0.3, -0.25) is 10.2 Å². The lowest BCUT2D eigenvalue weighted by Crippen LogP contribution is -2.11. The molecular formula is C16H11N5O. The Bertz CT molecular complexity index is 937. The van der Waals surface area contributed by atoms with Crippen LogP contribution >= 0.6 is 0 Å². The van der Waals surface area contributed by atoms with Gasteiger partial charge in [0.15, 0.2) is 0 Å². The number of nitrogens with zero attached hydrogens (tertiary/aromatic N) is 3. The van der Waals surface area contributed by atoms with Crippen LogP contribution in [-0.2, 0) is 0 Å². The standard InChI is InChI=1S/C16H11N5O/c17-16(22)11-7-10-2-1-9-3-4-12(13(8-11)15(9)10)14-5-6-18-20-21-19-14/h1-8H,(H2,17,22)(H,18,21). The van der Waals surface area contributed by atoms with Crippen LogP contribution in [0.5, 0.6) is 0 Å². The van der Waals surface area contributed by atoms with Gasteiger partial charge < -0.3 is 5.73 Å². The molecule has 2 aromatic carbocycles. The number of hydrogen-bond donors (Lipinski definition) is 2. The summed E-state index contributed by atoms with van der Waals surface area (Å²) in [6.07, 6.45) is 7.46. The fourth-order valence-corrected chi connectivity index (χ4v) is 2.78. The van der Waals surface area contributed by atoms with E-state index >= 15 is 0 Å². The van der Waals surface area contributed by atoms with Gasteiger partial charge in [-0.05, 0) is 50.6 Å². The maximum atomic E-state index is 11.6. The highest BCUT2D eigenvalue weighted by Gasteiger charge is 2.17. The summed E-state index contributed by atoms with van der Waals surface area (Å²) in [5, 5.41) is 13.4. The van der Waals surface area contributed by atoms with Crippen LogP contribution in [0.3, 0.4) is 0 Å². The molecule has 3 N–H and O–H groups in total. The van der Waals surface area contributed by atoms with Gasteiger partial charge in [0.05, 0.1) is 5.71 Å². The van der Waals surface area contributed by atoms with E-state index in [4.69, 9.17) is 5.73 Å². The lowest BCUT2D eigenvalue weighted by molar-refractivity contribution is 0.100. The molecule has 0 atom stereocenters. The minimum absolute atomic E-state index is 0.450. The molecule has 1 aliphatic carbocycles. The van der Waals surface area contributed by atoms with Crippen LogP contribution < -0.4 is 11.2 Å². The zero-order valence-corrected chi connectivity index (χ0v) is 11.4. The number of allylic oxidation sites excluding steroid dienone is 1. The van der Waals surface area contributed by atoms with Gasteiger partial charge in [-0.15, -0.1) is 5.10 Å². The van der Waals surface area contributed by atoms with E-state index < -0.39 is 5.91 Å². The van der Waals surface area contributed by atoms with Crippen LogP contribution in [0, 0.1) is 0 Å². The molecule has 6 heteroatoms. The van der Waals surface area contributed by atoms with Crippen molar-refractivity contribution < 1.29 is 4.79 Å². The van der Waals surface area contributed by atoms with Crippen LogP contribution in [0.25, 0.3) is 22.9 Å². The number of hydrogen-bond acceptors (Lipinski definition) is 5. The summed E-state index contributed by atoms with van der Waals surface area (Å²) in [6, 6.07) is 7.61. The molecule has 0 unspecified atom stereocenters. The number of carbonyl (C=O) groups excluding carboxylic acids is 1. The molecule has 1 amide bonds. The maximum absolute atomic E-state index is 11.6. The van der Waals surface area contributed by atoms with E-state index in [0.29, 0.717) is 11.3 Å². The topological polar surface area (TPSA) is 92.2 Å². The summed E-state index contributed by atoms with van der Waals surface area (Å²) < 4.78 is 0. The first kappa shape index (κ1) is 12.5. The van der Waals surface area contributed by atoms with Gasteiger partial charge >= 0.3 is 0 Å². The largest absolute Gasteiger partial charge is 0.366 e. The average Bonchev–Trinajstić information content (AvgIpc) is 2.76. The number of carbonyl (C=O) groups is 1. The Morgan fingerprint density at radius 1 is 1.09 bits per heavy atom. The fraction of sp³-hybridized carbons (Fsp3) is 0. The quantitative estimate of drug-likeness (QED) is 0.759. The molecule has 4 rings (SSSR count). The Morgan fingerprint density at radius 2 is 1.95 bits per heavy atom. The number of nitrogens with two attached hydrogens (primary N) is 1. The van der Waals surface area contributed by atoms with Crippen molar-refractivity contribution in [2.45, 2.75) is 0 Å². The summed E-state index contributed by atoms with van der Waals surface area (Å²) in [5.74, 6) is -0.450. The van der Waals surface area contributed by atoms with Crippen molar-refractivity contribution in [2.75, 3.05) is 0 Å². The minimum Gasteiger partial charge on any atom is -0.366 e. The third-order valence-corrected chi connectivity index (χ3v) is 3.75.